The molecule has 2 fully saturated rings. The van der Waals surface area contributed by atoms with Gasteiger partial charge in [-0.3, -0.25) is 14.5 Å². The maximum Gasteiger partial charge on any atom is 0.246 e. The molecule has 0 aromatic rings. The Labute approximate surface area is 107 Å². The van der Waals surface area contributed by atoms with Crippen LogP contribution < -0.4 is 5.32 Å². The van der Waals surface area contributed by atoms with Crippen LogP contribution in [-0.4, -0.2) is 55.8 Å². The van der Waals surface area contributed by atoms with Gasteiger partial charge in [-0.05, 0) is 25.8 Å². The lowest BCUT2D eigenvalue weighted by Gasteiger charge is -2.15. The molecule has 2 heterocycles. The number of amides is 2. The first kappa shape index (κ1) is 13.5. The number of nitrogens with one attached hydrogen (secondary N) is 1. The van der Waals surface area contributed by atoms with E-state index in [0.717, 1.165) is 0 Å². The molecule has 0 aromatic carbocycles. The minimum absolute atomic E-state index is 0.0635. The van der Waals surface area contributed by atoms with Gasteiger partial charge in [-0.25, -0.2) is 8.42 Å². The Kier molecular flexibility index (Phi) is 3.72. The van der Waals surface area contributed by atoms with E-state index in [1.165, 1.54) is 4.90 Å². The van der Waals surface area contributed by atoms with Crippen LogP contribution in [0, 0.1) is 5.92 Å². The highest BCUT2D eigenvalue weighted by Gasteiger charge is 2.38. The van der Waals surface area contributed by atoms with Crippen LogP contribution >= 0.6 is 0 Å². The highest BCUT2D eigenvalue weighted by molar-refractivity contribution is 7.91. The number of likely N-dealkylation sites (N-methyl/N-ethyl adjacent to an activating group) is 1. The number of imide groups is 1. The summed E-state index contributed by atoms with van der Waals surface area (Å²) >= 11 is 0. The van der Waals surface area contributed by atoms with Crippen molar-refractivity contribution >= 4 is 21.7 Å². The summed E-state index contributed by atoms with van der Waals surface area (Å²) in [5.74, 6) is 0.139. The standard InChI is InChI=1S/C11H18N2O4S/c1-2-13-10(14)5-9(11(13)15)12-6-8-3-4-18(16,17)7-8/h8-9,12H,2-7H2,1H3. The predicted molar refractivity (Wildman–Crippen MR) is 65.6 cm³/mol. The average Bonchev–Trinajstić information content (AvgIpc) is 2.77. The van der Waals surface area contributed by atoms with Crippen molar-refractivity contribution < 1.29 is 18.0 Å². The van der Waals surface area contributed by atoms with Crippen LogP contribution in [-0.2, 0) is 19.4 Å². The molecule has 2 unspecified atom stereocenters. The van der Waals surface area contributed by atoms with Crippen LogP contribution in [0.4, 0.5) is 0 Å². The Balaban J connectivity index is 1.85. The third-order valence-electron chi connectivity index (χ3n) is 3.54. The van der Waals surface area contributed by atoms with Gasteiger partial charge in [0.2, 0.25) is 11.8 Å². The fourth-order valence-corrected chi connectivity index (χ4v) is 4.38. The van der Waals surface area contributed by atoms with Crippen molar-refractivity contribution in [3.05, 3.63) is 0 Å². The summed E-state index contributed by atoms with van der Waals surface area (Å²) in [4.78, 5) is 24.5. The van der Waals surface area contributed by atoms with Crippen molar-refractivity contribution in [1.29, 1.82) is 0 Å². The highest BCUT2D eigenvalue weighted by Crippen LogP contribution is 2.19. The van der Waals surface area contributed by atoms with Crippen LogP contribution in [0.2, 0.25) is 0 Å². The molecule has 0 bridgehead atoms. The minimum atomic E-state index is -2.88. The molecule has 102 valence electrons. The van der Waals surface area contributed by atoms with E-state index >= 15 is 0 Å². The molecule has 0 saturated carbocycles. The van der Waals surface area contributed by atoms with Gasteiger partial charge in [-0.1, -0.05) is 0 Å². The number of hydrogen-bond acceptors (Lipinski definition) is 5. The van der Waals surface area contributed by atoms with Gasteiger partial charge in [0.05, 0.1) is 24.0 Å². The maximum absolute atomic E-state index is 11.8. The lowest BCUT2D eigenvalue weighted by molar-refractivity contribution is -0.138. The van der Waals surface area contributed by atoms with Crippen molar-refractivity contribution in [3.8, 4) is 0 Å². The van der Waals surface area contributed by atoms with Crippen molar-refractivity contribution in [1.82, 2.24) is 10.2 Å². The molecule has 2 aliphatic heterocycles. The molecule has 2 aliphatic rings. The third-order valence-corrected chi connectivity index (χ3v) is 5.38. The van der Waals surface area contributed by atoms with Crippen molar-refractivity contribution in [2.45, 2.75) is 25.8 Å². The largest absolute Gasteiger partial charge is 0.305 e. The molecular formula is C11H18N2O4S. The van der Waals surface area contributed by atoms with E-state index in [4.69, 9.17) is 0 Å². The monoisotopic (exact) mass is 274 g/mol. The number of likely N-dealkylation sites (tertiary alicyclic amines) is 1. The van der Waals surface area contributed by atoms with Crippen LogP contribution in [0.1, 0.15) is 19.8 Å². The number of carbonyl (C=O) groups excluding carboxylic acids is 2. The number of hydrogen-bond donors (Lipinski definition) is 1. The molecule has 1 N–H and O–H groups in total. The lowest BCUT2D eigenvalue weighted by atomic mass is 10.1. The number of carbonyl (C=O) groups is 2. The van der Waals surface area contributed by atoms with E-state index in [9.17, 15) is 18.0 Å². The molecule has 2 amide bonds. The van der Waals surface area contributed by atoms with Crippen LogP contribution in [0.5, 0.6) is 0 Å². The van der Waals surface area contributed by atoms with Gasteiger partial charge in [-0.15, -0.1) is 0 Å². The second kappa shape index (κ2) is 4.97. The summed E-state index contributed by atoms with van der Waals surface area (Å²) in [7, 11) is -2.88. The molecule has 7 heteroatoms. The first-order valence-electron chi connectivity index (χ1n) is 6.21. The molecular weight excluding hydrogens is 256 g/mol. The molecule has 6 nitrogen and oxygen atoms in total. The molecule has 0 radical (unpaired) electrons. The quantitative estimate of drug-likeness (QED) is 0.676. The Morgan fingerprint density at radius 2 is 2.11 bits per heavy atom. The second-order valence-corrected chi connectivity index (χ2v) is 7.14. The Hall–Kier alpha value is -0.950. The smallest absolute Gasteiger partial charge is 0.246 e. The molecule has 2 saturated heterocycles. The van der Waals surface area contributed by atoms with Crippen LogP contribution in [0.3, 0.4) is 0 Å². The highest BCUT2D eigenvalue weighted by atomic mass is 32.2. The Bertz CT molecular complexity index is 460. The summed E-state index contributed by atoms with van der Waals surface area (Å²) in [6.07, 6.45) is 0.827. The Morgan fingerprint density at radius 3 is 2.61 bits per heavy atom. The molecule has 0 spiro atoms. The van der Waals surface area contributed by atoms with E-state index in [0.29, 0.717) is 19.5 Å². The second-order valence-electron chi connectivity index (χ2n) is 4.91. The average molecular weight is 274 g/mol. The molecule has 2 rings (SSSR count). The SMILES string of the molecule is CCN1C(=O)CC(NCC2CCS(=O)(=O)C2)C1=O. The van der Waals surface area contributed by atoms with Crippen molar-refractivity contribution in [3.63, 3.8) is 0 Å². The fourth-order valence-electron chi connectivity index (χ4n) is 2.52. The van der Waals surface area contributed by atoms with Gasteiger partial charge in [0.15, 0.2) is 9.84 Å². The van der Waals surface area contributed by atoms with Gasteiger partial charge in [0.25, 0.3) is 0 Å². The minimum Gasteiger partial charge on any atom is -0.305 e. The summed E-state index contributed by atoms with van der Waals surface area (Å²) in [6.45, 7) is 2.65. The topological polar surface area (TPSA) is 83.6 Å². The lowest BCUT2D eigenvalue weighted by Crippen LogP contribution is -2.40. The van der Waals surface area contributed by atoms with Gasteiger partial charge < -0.3 is 5.32 Å². The normalized spacial score (nSPS) is 31.3. The van der Waals surface area contributed by atoms with E-state index in [1.54, 1.807) is 6.92 Å². The molecule has 0 aromatic heterocycles. The van der Waals surface area contributed by atoms with E-state index in [-0.39, 0.29) is 35.7 Å². The molecule has 2 atom stereocenters. The number of nitrogens with zero attached hydrogens (tertiary/aromatic N) is 1. The summed E-state index contributed by atoms with van der Waals surface area (Å²) < 4.78 is 22.6. The van der Waals surface area contributed by atoms with Crippen molar-refractivity contribution in [2.75, 3.05) is 24.6 Å². The number of sulfone groups is 1. The first-order chi connectivity index (χ1) is 8.43. The summed E-state index contributed by atoms with van der Waals surface area (Å²) in [6, 6.07) is -0.472. The fraction of sp³-hybridized carbons (Fsp3) is 0.818. The predicted octanol–water partition coefficient (Wildman–Crippen LogP) is -0.842. The van der Waals surface area contributed by atoms with Crippen LogP contribution in [0.25, 0.3) is 0 Å². The first-order valence-corrected chi connectivity index (χ1v) is 8.03. The van der Waals surface area contributed by atoms with E-state index < -0.39 is 15.9 Å². The molecule has 0 aliphatic carbocycles. The Morgan fingerprint density at radius 1 is 1.39 bits per heavy atom. The van der Waals surface area contributed by atoms with Gasteiger partial charge >= 0.3 is 0 Å². The van der Waals surface area contributed by atoms with E-state index in [2.05, 4.69) is 5.32 Å². The number of rotatable bonds is 4. The zero-order chi connectivity index (χ0) is 13.3. The zero-order valence-corrected chi connectivity index (χ0v) is 11.2. The summed E-state index contributed by atoms with van der Waals surface area (Å²) in [5.41, 5.74) is 0. The molecule has 18 heavy (non-hydrogen) atoms. The van der Waals surface area contributed by atoms with Gasteiger partial charge in [0.1, 0.15) is 0 Å². The maximum atomic E-state index is 11.8. The van der Waals surface area contributed by atoms with Gasteiger partial charge in [0, 0.05) is 6.54 Å². The van der Waals surface area contributed by atoms with Crippen molar-refractivity contribution in [2.24, 2.45) is 5.92 Å². The van der Waals surface area contributed by atoms with Gasteiger partial charge in [-0.2, -0.15) is 0 Å². The van der Waals surface area contributed by atoms with E-state index in [1.807, 2.05) is 0 Å². The third kappa shape index (κ3) is 2.72. The zero-order valence-electron chi connectivity index (χ0n) is 10.4. The summed E-state index contributed by atoms with van der Waals surface area (Å²) in [5, 5.41) is 3.03. The van der Waals surface area contributed by atoms with Crippen LogP contribution in [0.15, 0.2) is 0 Å².